The summed E-state index contributed by atoms with van der Waals surface area (Å²) in [7, 11) is 0. The standard InChI is InChI=1S/C11H19NO/c13-11(9-4-3-5-9)8-12-10-6-1-2-7-10/h9-10,12H,1-8H2. The van der Waals surface area contributed by atoms with Gasteiger partial charge in [0.05, 0.1) is 6.54 Å². The highest BCUT2D eigenvalue weighted by Gasteiger charge is 2.25. The largest absolute Gasteiger partial charge is 0.307 e. The van der Waals surface area contributed by atoms with Gasteiger partial charge in [0.2, 0.25) is 0 Å². The molecule has 0 bridgehead atoms. The van der Waals surface area contributed by atoms with Crippen molar-refractivity contribution >= 4 is 5.78 Å². The molecule has 2 rings (SSSR count). The monoisotopic (exact) mass is 181 g/mol. The first-order valence-corrected chi connectivity index (χ1v) is 5.62. The molecule has 0 aromatic rings. The molecule has 2 fully saturated rings. The molecular formula is C11H19NO. The maximum absolute atomic E-state index is 11.5. The van der Waals surface area contributed by atoms with Crippen LogP contribution >= 0.6 is 0 Å². The molecule has 0 aromatic carbocycles. The van der Waals surface area contributed by atoms with Gasteiger partial charge in [0.25, 0.3) is 0 Å². The highest BCUT2D eigenvalue weighted by molar-refractivity contribution is 5.83. The molecule has 0 amide bonds. The van der Waals surface area contributed by atoms with E-state index in [1.807, 2.05) is 0 Å². The van der Waals surface area contributed by atoms with Crippen LogP contribution in [0.25, 0.3) is 0 Å². The maximum Gasteiger partial charge on any atom is 0.149 e. The molecule has 0 aromatic heterocycles. The Kier molecular flexibility index (Phi) is 2.99. The van der Waals surface area contributed by atoms with Crippen molar-refractivity contribution < 1.29 is 4.79 Å². The van der Waals surface area contributed by atoms with E-state index < -0.39 is 0 Å². The van der Waals surface area contributed by atoms with Crippen molar-refractivity contribution in [3.63, 3.8) is 0 Å². The minimum Gasteiger partial charge on any atom is -0.307 e. The molecule has 2 heteroatoms. The molecular weight excluding hydrogens is 162 g/mol. The van der Waals surface area contributed by atoms with Gasteiger partial charge in [-0.25, -0.2) is 0 Å². The second-order valence-electron chi connectivity index (χ2n) is 4.46. The highest BCUT2D eigenvalue weighted by atomic mass is 16.1. The van der Waals surface area contributed by atoms with Crippen LogP contribution in [0.3, 0.4) is 0 Å². The van der Waals surface area contributed by atoms with Crippen LogP contribution in [0.2, 0.25) is 0 Å². The van der Waals surface area contributed by atoms with Crippen LogP contribution in [0.4, 0.5) is 0 Å². The lowest BCUT2D eigenvalue weighted by Gasteiger charge is -2.24. The summed E-state index contributed by atoms with van der Waals surface area (Å²) >= 11 is 0. The fraction of sp³-hybridized carbons (Fsp3) is 0.909. The minimum absolute atomic E-state index is 0.411. The molecule has 2 saturated carbocycles. The van der Waals surface area contributed by atoms with Gasteiger partial charge < -0.3 is 5.32 Å². The number of ketones is 1. The summed E-state index contributed by atoms with van der Waals surface area (Å²) in [5, 5.41) is 3.38. The number of Topliss-reactive ketones (excluding diaryl/α,β-unsaturated/α-hetero) is 1. The molecule has 2 nitrogen and oxygen atoms in total. The zero-order valence-electron chi connectivity index (χ0n) is 8.22. The van der Waals surface area contributed by atoms with Crippen LogP contribution in [0.1, 0.15) is 44.9 Å². The lowest BCUT2D eigenvalue weighted by atomic mass is 9.82. The summed E-state index contributed by atoms with van der Waals surface area (Å²) in [5.74, 6) is 0.868. The summed E-state index contributed by atoms with van der Waals surface area (Å²) in [6.07, 6.45) is 8.79. The number of carbonyl (C=O) groups is 1. The Morgan fingerprint density at radius 1 is 1.08 bits per heavy atom. The van der Waals surface area contributed by atoms with Gasteiger partial charge in [0.1, 0.15) is 5.78 Å². The Morgan fingerprint density at radius 2 is 1.77 bits per heavy atom. The van der Waals surface area contributed by atoms with Crippen molar-refractivity contribution in [3.05, 3.63) is 0 Å². The van der Waals surface area contributed by atoms with Crippen molar-refractivity contribution in [2.45, 2.75) is 51.0 Å². The van der Waals surface area contributed by atoms with E-state index in [0.29, 0.717) is 24.3 Å². The first-order chi connectivity index (χ1) is 6.36. The zero-order valence-corrected chi connectivity index (χ0v) is 8.22. The summed E-state index contributed by atoms with van der Waals surface area (Å²) in [6.45, 7) is 0.634. The van der Waals surface area contributed by atoms with E-state index in [9.17, 15) is 4.79 Å². The van der Waals surface area contributed by atoms with Crippen LogP contribution in [0.5, 0.6) is 0 Å². The first kappa shape index (κ1) is 9.20. The highest BCUT2D eigenvalue weighted by Crippen LogP contribution is 2.27. The normalized spacial score (nSPS) is 24.6. The fourth-order valence-corrected chi connectivity index (χ4v) is 2.25. The van der Waals surface area contributed by atoms with Crippen molar-refractivity contribution in [2.75, 3.05) is 6.54 Å². The molecule has 0 atom stereocenters. The van der Waals surface area contributed by atoms with Crippen LogP contribution < -0.4 is 5.32 Å². The van der Waals surface area contributed by atoms with E-state index in [1.165, 1.54) is 32.1 Å². The number of hydrogen-bond donors (Lipinski definition) is 1. The molecule has 74 valence electrons. The van der Waals surface area contributed by atoms with E-state index in [0.717, 1.165) is 12.8 Å². The molecule has 0 saturated heterocycles. The molecule has 0 radical (unpaired) electrons. The predicted molar refractivity (Wildman–Crippen MR) is 52.6 cm³/mol. The summed E-state index contributed by atoms with van der Waals surface area (Å²) in [6, 6.07) is 0.643. The van der Waals surface area contributed by atoms with E-state index >= 15 is 0 Å². The van der Waals surface area contributed by atoms with Gasteiger partial charge in [0.15, 0.2) is 0 Å². The van der Waals surface area contributed by atoms with Gasteiger partial charge in [-0.05, 0) is 25.7 Å². The zero-order chi connectivity index (χ0) is 9.10. The van der Waals surface area contributed by atoms with Gasteiger partial charge in [-0.2, -0.15) is 0 Å². The summed E-state index contributed by atoms with van der Waals surface area (Å²) < 4.78 is 0. The van der Waals surface area contributed by atoms with Crippen LogP contribution in [0, 0.1) is 5.92 Å². The molecule has 0 aliphatic heterocycles. The van der Waals surface area contributed by atoms with Crippen molar-refractivity contribution in [3.8, 4) is 0 Å². The van der Waals surface area contributed by atoms with E-state index in [4.69, 9.17) is 0 Å². The molecule has 0 spiro atoms. The predicted octanol–water partition coefficient (Wildman–Crippen LogP) is 1.89. The number of hydrogen-bond acceptors (Lipinski definition) is 2. The molecule has 13 heavy (non-hydrogen) atoms. The average molecular weight is 181 g/mol. The van der Waals surface area contributed by atoms with E-state index in [1.54, 1.807) is 0 Å². The third kappa shape index (κ3) is 2.31. The van der Waals surface area contributed by atoms with Crippen molar-refractivity contribution in [1.29, 1.82) is 0 Å². The Labute approximate surface area is 80.1 Å². The van der Waals surface area contributed by atoms with Crippen LogP contribution in [0.15, 0.2) is 0 Å². The van der Waals surface area contributed by atoms with Crippen molar-refractivity contribution in [1.82, 2.24) is 5.32 Å². The Balaban J connectivity index is 1.63. The number of carbonyl (C=O) groups excluding carboxylic acids is 1. The van der Waals surface area contributed by atoms with Gasteiger partial charge >= 0.3 is 0 Å². The van der Waals surface area contributed by atoms with Gasteiger partial charge in [-0.1, -0.05) is 19.3 Å². The molecule has 0 heterocycles. The van der Waals surface area contributed by atoms with E-state index in [-0.39, 0.29) is 0 Å². The van der Waals surface area contributed by atoms with Crippen LogP contribution in [-0.2, 0) is 4.79 Å². The average Bonchev–Trinajstić information content (AvgIpc) is 2.49. The SMILES string of the molecule is O=C(CNC1CCCC1)C1CCC1. The van der Waals surface area contributed by atoms with Gasteiger partial charge in [0, 0.05) is 12.0 Å². The lowest BCUT2D eigenvalue weighted by molar-refractivity contribution is -0.124. The van der Waals surface area contributed by atoms with E-state index in [2.05, 4.69) is 5.32 Å². The second kappa shape index (κ2) is 4.23. The molecule has 1 N–H and O–H groups in total. The Bertz CT molecular complexity index is 181. The molecule has 2 aliphatic carbocycles. The lowest BCUT2D eigenvalue weighted by Crippen LogP contribution is -2.36. The summed E-state index contributed by atoms with van der Waals surface area (Å²) in [4.78, 5) is 11.5. The molecule has 0 unspecified atom stereocenters. The van der Waals surface area contributed by atoms with Gasteiger partial charge in [-0.3, -0.25) is 4.79 Å². The number of nitrogens with one attached hydrogen (secondary N) is 1. The topological polar surface area (TPSA) is 29.1 Å². The van der Waals surface area contributed by atoms with Gasteiger partial charge in [-0.15, -0.1) is 0 Å². The second-order valence-corrected chi connectivity index (χ2v) is 4.46. The number of rotatable bonds is 4. The first-order valence-electron chi connectivity index (χ1n) is 5.62. The fourth-order valence-electron chi connectivity index (χ4n) is 2.25. The van der Waals surface area contributed by atoms with Crippen LogP contribution in [-0.4, -0.2) is 18.4 Å². The Morgan fingerprint density at radius 3 is 2.31 bits per heavy atom. The smallest absolute Gasteiger partial charge is 0.149 e. The maximum atomic E-state index is 11.5. The summed E-state index contributed by atoms with van der Waals surface area (Å²) in [5.41, 5.74) is 0. The Hall–Kier alpha value is -0.370. The minimum atomic E-state index is 0.411. The molecule has 2 aliphatic rings. The third-order valence-electron chi connectivity index (χ3n) is 3.48. The quantitative estimate of drug-likeness (QED) is 0.717. The van der Waals surface area contributed by atoms with Crippen molar-refractivity contribution in [2.24, 2.45) is 5.92 Å². The third-order valence-corrected chi connectivity index (χ3v) is 3.48.